The first kappa shape index (κ1) is 13.8. The molecule has 0 saturated carbocycles. The van der Waals surface area contributed by atoms with E-state index in [9.17, 15) is 4.79 Å². The number of nitrogens with two attached hydrogens (primary N) is 1. The average Bonchev–Trinajstić information content (AvgIpc) is 2.38. The Labute approximate surface area is 115 Å². The van der Waals surface area contributed by atoms with Gasteiger partial charge in [0.15, 0.2) is 11.5 Å². The van der Waals surface area contributed by atoms with Gasteiger partial charge >= 0.3 is 6.09 Å². The molecule has 1 aliphatic rings. The van der Waals surface area contributed by atoms with Crippen LogP contribution in [0.25, 0.3) is 0 Å². The van der Waals surface area contributed by atoms with Gasteiger partial charge in [-0.2, -0.15) is 0 Å². The predicted molar refractivity (Wildman–Crippen MR) is 69.7 cm³/mol. The van der Waals surface area contributed by atoms with Crippen LogP contribution in [0, 0.1) is 0 Å². The number of halogens is 1. The van der Waals surface area contributed by atoms with Gasteiger partial charge in [0, 0.05) is 13.1 Å². The highest BCUT2D eigenvalue weighted by Crippen LogP contribution is 2.38. The standard InChI is InChI=1S/C12H15ClN2O4/c13-9-5-8(7-15-1-2-19-12(14)16)6-10-11(9)18-4-3-17-10/h5-6,15H,1-4,7H2,(H2,14,16). The zero-order chi connectivity index (χ0) is 13.7. The summed E-state index contributed by atoms with van der Waals surface area (Å²) in [6.45, 7) is 2.35. The van der Waals surface area contributed by atoms with Crippen LogP contribution in [0.2, 0.25) is 5.02 Å². The highest BCUT2D eigenvalue weighted by molar-refractivity contribution is 6.32. The van der Waals surface area contributed by atoms with Crippen molar-refractivity contribution in [2.45, 2.75) is 6.54 Å². The van der Waals surface area contributed by atoms with Gasteiger partial charge in [-0.3, -0.25) is 0 Å². The van der Waals surface area contributed by atoms with Gasteiger partial charge in [-0.15, -0.1) is 0 Å². The van der Waals surface area contributed by atoms with Crippen molar-refractivity contribution in [2.75, 3.05) is 26.4 Å². The molecule has 7 heteroatoms. The second kappa shape index (κ2) is 6.49. The lowest BCUT2D eigenvalue weighted by Crippen LogP contribution is -2.23. The van der Waals surface area contributed by atoms with Crippen LogP contribution in [0.5, 0.6) is 11.5 Å². The lowest BCUT2D eigenvalue weighted by Gasteiger charge is -2.20. The number of hydrogen-bond acceptors (Lipinski definition) is 5. The minimum atomic E-state index is -0.774. The van der Waals surface area contributed by atoms with Crippen LogP contribution < -0.4 is 20.5 Å². The van der Waals surface area contributed by atoms with E-state index in [0.29, 0.717) is 42.8 Å². The molecular formula is C12H15ClN2O4. The van der Waals surface area contributed by atoms with Crippen molar-refractivity contribution in [1.82, 2.24) is 5.32 Å². The van der Waals surface area contributed by atoms with Crippen LogP contribution in [0.1, 0.15) is 5.56 Å². The maximum atomic E-state index is 10.4. The Morgan fingerprint density at radius 1 is 1.42 bits per heavy atom. The molecule has 2 rings (SSSR count). The number of hydrogen-bond donors (Lipinski definition) is 2. The van der Waals surface area contributed by atoms with Crippen molar-refractivity contribution in [3.05, 3.63) is 22.7 Å². The summed E-state index contributed by atoms with van der Waals surface area (Å²) in [4.78, 5) is 10.4. The smallest absolute Gasteiger partial charge is 0.404 e. The molecule has 1 aromatic carbocycles. The van der Waals surface area contributed by atoms with E-state index in [1.807, 2.05) is 12.1 Å². The van der Waals surface area contributed by atoms with Crippen molar-refractivity contribution < 1.29 is 19.0 Å². The Morgan fingerprint density at radius 2 is 2.21 bits per heavy atom. The molecule has 3 N–H and O–H groups in total. The van der Waals surface area contributed by atoms with E-state index in [2.05, 4.69) is 10.1 Å². The number of fused-ring (bicyclic) bond motifs is 1. The van der Waals surface area contributed by atoms with Crippen LogP contribution in [0.4, 0.5) is 4.79 Å². The maximum Gasteiger partial charge on any atom is 0.404 e. The summed E-state index contributed by atoms with van der Waals surface area (Å²) < 4.78 is 15.5. The Hall–Kier alpha value is -1.66. The third kappa shape index (κ3) is 3.90. The van der Waals surface area contributed by atoms with Gasteiger partial charge in [0.2, 0.25) is 0 Å². The van der Waals surface area contributed by atoms with E-state index in [1.165, 1.54) is 0 Å². The molecule has 0 radical (unpaired) electrons. The molecule has 1 heterocycles. The van der Waals surface area contributed by atoms with Crippen molar-refractivity contribution in [3.63, 3.8) is 0 Å². The number of rotatable bonds is 5. The number of carbonyl (C=O) groups excluding carboxylic acids is 1. The first-order valence-corrected chi connectivity index (χ1v) is 6.25. The van der Waals surface area contributed by atoms with Crippen molar-refractivity contribution >= 4 is 17.7 Å². The Bertz CT molecular complexity index is 467. The van der Waals surface area contributed by atoms with Crippen LogP contribution >= 0.6 is 11.6 Å². The molecule has 6 nitrogen and oxygen atoms in total. The summed E-state index contributed by atoms with van der Waals surface area (Å²) in [5, 5.41) is 3.63. The van der Waals surface area contributed by atoms with Gasteiger partial charge in [-0.1, -0.05) is 11.6 Å². The van der Waals surface area contributed by atoms with Gasteiger partial charge in [0.1, 0.15) is 19.8 Å². The number of ether oxygens (including phenoxy) is 3. The van der Waals surface area contributed by atoms with E-state index < -0.39 is 6.09 Å². The molecule has 19 heavy (non-hydrogen) atoms. The SMILES string of the molecule is NC(=O)OCCNCc1cc(Cl)c2c(c1)OCCO2. The van der Waals surface area contributed by atoms with Crippen molar-refractivity contribution in [2.24, 2.45) is 5.73 Å². The summed E-state index contributed by atoms with van der Waals surface area (Å²) in [5.74, 6) is 1.25. The first-order chi connectivity index (χ1) is 9.16. The number of benzene rings is 1. The average molecular weight is 287 g/mol. The van der Waals surface area contributed by atoms with Gasteiger partial charge in [0.05, 0.1) is 5.02 Å². The number of carbonyl (C=O) groups is 1. The summed E-state index contributed by atoms with van der Waals surface area (Å²) in [6.07, 6.45) is -0.774. The first-order valence-electron chi connectivity index (χ1n) is 5.88. The van der Waals surface area contributed by atoms with E-state index in [4.69, 9.17) is 26.8 Å². The molecule has 104 valence electrons. The maximum absolute atomic E-state index is 10.4. The summed E-state index contributed by atoms with van der Waals surface area (Å²) in [6, 6.07) is 3.69. The molecule has 0 atom stereocenters. The molecule has 0 aromatic heterocycles. The fourth-order valence-corrected chi connectivity index (χ4v) is 2.01. The number of nitrogens with one attached hydrogen (secondary N) is 1. The van der Waals surface area contributed by atoms with Crippen LogP contribution in [-0.4, -0.2) is 32.5 Å². The number of amides is 1. The molecule has 1 amide bonds. The highest BCUT2D eigenvalue weighted by Gasteiger charge is 2.16. The second-order valence-electron chi connectivity index (χ2n) is 3.95. The second-order valence-corrected chi connectivity index (χ2v) is 4.35. The Balaban J connectivity index is 1.87. The fraction of sp³-hybridized carbons (Fsp3) is 0.417. The van der Waals surface area contributed by atoms with Crippen LogP contribution in [-0.2, 0) is 11.3 Å². The lowest BCUT2D eigenvalue weighted by molar-refractivity contribution is 0.157. The van der Waals surface area contributed by atoms with E-state index in [-0.39, 0.29) is 6.61 Å². The Morgan fingerprint density at radius 3 is 3.00 bits per heavy atom. The predicted octanol–water partition coefficient (Wildman–Crippen LogP) is 1.30. The lowest BCUT2D eigenvalue weighted by atomic mass is 10.2. The fourth-order valence-electron chi connectivity index (χ4n) is 1.72. The Kier molecular flexibility index (Phi) is 4.70. The molecule has 0 fully saturated rings. The minimum absolute atomic E-state index is 0.230. The van der Waals surface area contributed by atoms with Gasteiger partial charge < -0.3 is 25.3 Å². The minimum Gasteiger partial charge on any atom is -0.486 e. The largest absolute Gasteiger partial charge is 0.486 e. The van der Waals surface area contributed by atoms with Gasteiger partial charge in [-0.25, -0.2) is 4.79 Å². The molecule has 0 bridgehead atoms. The molecule has 0 aliphatic carbocycles. The zero-order valence-corrected chi connectivity index (χ0v) is 11.0. The molecule has 0 spiro atoms. The quantitative estimate of drug-likeness (QED) is 0.797. The molecule has 0 unspecified atom stereocenters. The molecular weight excluding hydrogens is 272 g/mol. The third-order valence-corrected chi connectivity index (χ3v) is 2.79. The summed E-state index contributed by atoms with van der Waals surface area (Å²) >= 11 is 6.11. The summed E-state index contributed by atoms with van der Waals surface area (Å²) in [7, 11) is 0. The van der Waals surface area contributed by atoms with Gasteiger partial charge in [0.25, 0.3) is 0 Å². The third-order valence-electron chi connectivity index (χ3n) is 2.51. The monoisotopic (exact) mass is 286 g/mol. The number of primary amides is 1. The molecule has 0 saturated heterocycles. The van der Waals surface area contributed by atoms with E-state index >= 15 is 0 Å². The summed E-state index contributed by atoms with van der Waals surface area (Å²) in [5.41, 5.74) is 5.81. The van der Waals surface area contributed by atoms with Crippen molar-refractivity contribution in [3.8, 4) is 11.5 Å². The van der Waals surface area contributed by atoms with Crippen molar-refractivity contribution in [1.29, 1.82) is 0 Å². The van der Waals surface area contributed by atoms with E-state index in [1.54, 1.807) is 0 Å². The molecule has 1 aromatic rings. The van der Waals surface area contributed by atoms with Crippen LogP contribution in [0.3, 0.4) is 0 Å². The molecule has 1 aliphatic heterocycles. The van der Waals surface area contributed by atoms with Crippen LogP contribution in [0.15, 0.2) is 12.1 Å². The highest BCUT2D eigenvalue weighted by atomic mass is 35.5. The zero-order valence-electron chi connectivity index (χ0n) is 10.3. The topological polar surface area (TPSA) is 82.8 Å². The van der Waals surface area contributed by atoms with E-state index in [0.717, 1.165) is 5.56 Å². The van der Waals surface area contributed by atoms with Gasteiger partial charge in [-0.05, 0) is 17.7 Å². The normalized spacial score (nSPS) is 13.1.